The Bertz CT molecular complexity index is 195. The Balaban J connectivity index is 0. The van der Waals surface area contributed by atoms with E-state index in [1.54, 1.807) is 0 Å². The van der Waals surface area contributed by atoms with E-state index >= 15 is 0 Å². The average molecular weight is 257 g/mol. The molecular weight excluding hydrogens is 242 g/mol. The highest BCUT2D eigenvalue weighted by Gasteiger charge is 2.19. The van der Waals surface area contributed by atoms with Crippen LogP contribution >= 0.6 is 25.3 Å². The van der Waals surface area contributed by atoms with E-state index in [0.717, 1.165) is 0 Å². The van der Waals surface area contributed by atoms with Gasteiger partial charge in [-0.05, 0) is 0 Å². The summed E-state index contributed by atoms with van der Waals surface area (Å²) in [5.41, 5.74) is 10.4. The zero-order valence-corrected chi connectivity index (χ0v) is 9.75. The summed E-state index contributed by atoms with van der Waals surface area (Å²) in [7, 11) is 0. The minimum absolute atomic E-state index is 0. The SMILES string of the molecule is N.N[C@@H](CS)C(=O)OOC(=O)[C@@H](N)CS. The van der Waals surface area contributed by atoms with Crippen LogP contribution in [0.25, 0.3) is 0 Å². The molecule has 0 rings (SSSR count). The van der Waals surface area contributed by atoms with Crippen LogP contribution in [-0.2, 0) is 19.4 Å². The fourth-order valence-electron chi connectivity index (χ4n) is 0.355. The van der Waals surface area contributed by atoms with Gasteiger partial charge in [-0.3, -0.25) is 0 Å². The van der Waals surface area contributed by atoms with Gasteiger partial charge in [0.1, 0.15) is 12.1 Å². The molecule has 0 amide bonds. The summed E-state index contributed by atoms with van der Waals surface area (Å²) in [5.74, 6) is -1.57. The third-order valence-electron chi connectivity index (χ3n) is 1.20. The van der Waals surface area contributed by atoms with Gasteiger partial charge in [-0.25, -0.2) is 19.4 Å². The van der Waals surface area contributed by atoms with Crippen LogP contribution in [-0.4, -0.2) is 35.5 Å². The average Bonchev–Trinajstić information content (AvgIpc) is 2.22. The Morgan fingerprint density at radius 1 is 1.00 bits per heavy atom. The fourth-order valence-corrected chi connectivity index (χ4v) is 0.653. The second kappa shape index (κ2) is 8.80. The van der Waals surface area contributed by atoms with Crippen molar-refractivity contribution in [1.82, 2.24) is 6.15 Å². The minimum atomic E-state index is -0.932. The van der Waals surface area contributed by atoms with Crippen molar-refractivity contribution in [3.05, 3.63) is 0 Å². The summed E-state index contributed by atoms with van der Waals surface area (Å²) in [4.78, 5) is 29.9. The summed E-state index contributed by atoms with van der Waals surface area (Å²) in [6, 6.07) is -1.86. The third kappa shape index (κ3) is 6.57. The van der Waals surface area contributed by atoms with Crippen molar-refractivity contribution < 1.29 is 19.4 Å². The smallest absolute Gasteiger partial charge is 0.344 e. The maximum absolute atomic E-state index is 10.9. The molecule has 7 nitrogen and oxygen atoms in total. The molecule has 0 aromatic rings. The number of thiol groups is 2. The van der Waals surface area contributed by atoms with Crippen LogP contribution < -0.4 is 17.6 Å². The maximum atomic E-state index is 10.9. The van der Waals surface area contributed by atoms with E-state index < -0.39 is 24.0 Å². The first-order chi connectivity index (χ1) is 6.52. The normalized spacial score (nSPS) is 13.3. The van der Waals surface area contributed by atoms with Crippen LogP contribution in [0.1, 0.15) is 0 Å². The van der Waals surface area contributed by atoms with Gasteiger partial charge in [0.05, 0.1) is 0 Å². The molecule has 0 heterocycles. The van der Waals surface area contributed by atoms with Crippen LogP contribution in [0.3, 0.4) is 0 Å². The number of rotatable bonds is 4. The van der Waals surface area contributed by atoms with Gasteiger partial charge in [0.2, 0.25) is 0 Å². The molecule has 7 N–H and O–H groups in total. The van der Waals surface area contributed by atoms with E-state index in [1.165, 1.54) is 0 Å². The molecule has 15 heavy (non-hydrogen) atoms. The third-order valence-corrected chi connectivity index (χ3v) is 1.99. The first-order valence-corrected chi connectivity index (χ1v) is 4.94. The molecule has 0 aliphatic heterocycles. The van der Waals surface area contributed by atoms with Gasteiger partial charge in [0, 0.05) is 11.5 Å². The van der Waals surface area contributed by atoms with E-state index in [1.807, 2.05) is 0 Å². The number of hydrogen-bond acceptors (Lipinski definition) is 9. The molecule has 0 unspecified atom stereocenters. The zero-order chi connectivity index (χ0) is 11.1. The largest absolute Gasteiger partial charge is 0.372 e. The van der Waals surface area contributed by atoms with Gasteiger partial charge < -0.3 is 17.6 Å². The van der Waals surface area contributed by atoms with Crippen LogP contribution in [0.4, 0.5) is 0 Å². The molecule has 0 bridgehead atoms. The summed E-state index contributed by atoms with van der Waals surface area (Å²) in [6.07, 6.45) is 0. The highest BCUT2D eigenvalue weighted by Crippen LogP contribution is 1.93. The Labute approximate surface area is 98.2 Å². The van der Waals surface area contributed by atoms with Crippen LogP contribution in [0.2, 0.25) is 0 Å². The Morgan fingerprint density at radius 2 is 1.27 bits per heavy atom. The quantitative estimate of drug-likeness (QED) is 0.238. The number of carbonyl (C=O) groups is 2. The van der Waals surface area contributed by atoms with Crippen molar-refractivity contribution in [3.8, 4) is 0 Å². The summed E-state index contributed by atoms with van der Waals surface area (Å²) in [6.45, 7) is 0. The van der Waals surface area contributed by atoms with Gasteiger partial charge in [0.15, 0.2) is 0 Å². The molecule has 0 spiro atoms. The lowest BCUT2D eigenvalue weighted by atomic mass is 10.4. The molecular formula is C6H15N3O4S2. The van der Waals surface area contributed by atoms with Crippen molar-refractivity contribution in [2.75, 3.05) is 11.5 Å². The molecule has 2 atom stereocenters. The Morgan fingerprint density at radius 3 is 1.47 bits per heavy atom. The molecule has 90 valence electrons. The summed E-state index contributed by atoms with van der Waals surface area (Å²) >= 11 is 7.51. The van der Waals surface area contributed by atoms with E-state index in [4.69, 9.17) is 11.5 Å². The lowest BCUT2D eigenvalue weighted by Crippen LogP contribution is -2.38. The summed E-state index contributed by atoms with van der Waals surface area (Å²) < 4.78 is 0. The summed E-state index contributed by atoms with van der Waals surface area (Å²) in [5, 5.41) is 0. The predicted molar refractivity (Wildman–Crippen MR) is 60.9 cm³/mol. The first kappa shape index (κ1) is 16.9. The molecule has 0 aromatic carbocycles. The molecule has 0 radical (unpaired) electrons. The first-order valence-electron chi connectivity index (χ1n) is 3.68. The van der Waals surface area contributed by atoms with Crippen LogP contribution in [0.5, 0.6) is 0 Å². The number of hydrogen-bond donors (Lipinski definition) is 5. The second-order valence-electron chi connectivity index (χ2n) is 2.38. The van der Waals surface area contributed by atoms with Gasteiger partial charge in [-0.15, -0.1) is 0 Å². The molecule has 0 aromatic heterocycles. The van der Waals surface area contributed by atoms with Gasteiger partial charge in [-0.2, -0.15) is 25.3 Å². The highest BCUT2D eigenvalue weighted by atomic mass is 32.1. The standard InChI is InChI=1S/C6H12N2O4S2.H3N/c7-3(1-13)5(9)11-12-6(10)4(8)2-14;/h3-4,13-14H,1-2,7-8H2;1H3/t3-,4-;/m0./s1. The molecule has 0 saturated heterocycles. The van der Waals surface area contributed by atoms with E-state index in [9.17, 15) is 9.59 Å². The Kier molecular flexibility index (Phi) is 9.93. The van der Waals surface area contributed by atoms with Crippen molar-refractivity contribution in [2.45, 2.75) is 12.1 Å². The van der Waals surface area contributed by atoms with Crippen molar-refractivity contribution in [2.24, 2.45) is 11.5 Å². The van der Waals surface area contributed by atoms with Gasteiger partial charge >= 0.3 is 11.9 Å². The molecule has 0 fully saturated rings. The Hall–Kier alpha value is -0.480. The highest BCUT2D eigenvalue weighted by molar-refractivity contribution is 7.80. The van der Waals surface area contributed by atoms with Crippen molar-refractivity contribution in [1.29, 1.82) is 0 Å². The van der Waals surface area contributed by atoms with E-state index in [-0.39, 0.29) is 17.7 Å². The van der Waals surface area contributed by atoms with Gasteiger partial charge in [-0.1, -0.05) is 0 Å². The van der Waals surface area contributed by atoms with Gasteiger partial charge in [0.25, 0.3) is 0 Å². The second-order valence-corrected chi connectivity index (χ2v) is 3.11. The fraction of sp³-hybridized carbons (Fsp3) is 0.667. The lowest BCUT2D eigenvalue weighted by Gasteiger charge is -2.08. The molecule has 0 saturated carbocycles. The zero-order valence-electron chi connectivity index (χ0n) is 7.96. The van der Waals surface area contributed by atoms with Crippen molar-refractivity contribution >= 4 is 37.2 Å². The molecule has 0 aliphatic rings. The topological polar surface area (TPSA) is 140 Å². The van der Waals surface area contributed by atoms with Crippen LogP contribution in [0.15, 0.2) is 0 Å². The molecule has 9 heteroatoms. The van der Waals surface area contributed by atoms with Crippen molar-refractivity contribution in [3.63, 3.8) is 0 Å². The lowest BCUT2D eigenvalue weighted by molar-refractivity contribution is -0.260. The monoisotopic (exact) mass is 257 g/mol. The van der Waals surface area contributed by atoms with E-state index in [0.29, 0.717) is 0 Å². The maximum Gasteiger partial charge on any atom is 0.372 e. The minimum Gasteiger partial charge on any atom is -0.344 e. The van der Waals surface area contributed by atoms with E-state index in [2.05, 4.69) is 35.0 Å². The number of nitrogens with two attached hydrogens (primary N) is 2. The number of carbonyl (C=O) groups excluding carboxylic acids is 2. The molecule has 0 aliphatic carbocycles. The van der Waals surface area contributed by atoms with Crippen LogP contribution in [0, 0.1) is 0 Å². The predicted octanol–water partition coefficient (Wildman–Crippen LogP) is -1.34.